The number of nitrogens with zero attached hydrogens (tertiary/aromatic N) is 1. The van der Waals surface area contributed by atoms with Crippen molar-refractivity contribution < 1.29 is 4.74 Å². The summed E-state index contributed by atoms with van der Waals surface area (Å²) >= 11 is 0. The van der Waals surface area contributed by atoms with Crippen molar-refractivity contribution in [3.8, 4) is 0 Å². The van der Waals surface area contributed by atoms with Gasteiger partial charge in [0.05, 0.1) is 6.10 Å². The van der Waals surface area contributed by atoms with E-state index in [9.17, 15) is 0 Å². The SMILES string of the molecule is CC(c1ccccn1)C(N)CCC1CCCCO1. The van der Waals surface area contributed by atoms with Crippen LogP contribution in [-0.2, 0) is 4.74 Å². The van der Waals surface area contributed by atoms with Gasteiger partial charge in [-0.25, -0.2) is 0 Å². The van der Waals surface area contributed by atoms with Gasteiger partial charge in [-0.05, 0) is 44.2 Å². The van der Waals surface area contributed by atoms with Gasteiger partial charge in [-0.15, -0.1) is 0 Å². The summed E-state index contributed by atoms with van der Waals surface area (Å²) in [4.78, 5) is 4.38. The Morgan fingerprint density at radius 1 is 1.44 bits per heavy atom. The van der Waals surface area contributed by atoms with Gasteiger partial charge in [0, 0.05) is 30.5 Å². The molecule has 3 nitrogen and oxygen atoms in total. The minimum absolute atomic E-state index is 0.172. The van der Waals surface area contributed by atoms with Gasteiger partial charge in [0.2, 0.25) is 0 Å². The Hall–Kier alpha value is -0.930. The lowest BCUT2D eigenvalue weighted by Gasteiger charge is -2.25. The summed E-state index contributed by atoms with van der Waals surface area (Å²) in [5.74, 6) is 0.315. The van der Waals surface area contributed by atoms with Gasteiger partial charge in [0.15, 0.2) is 0 Å². The fraction of sp³-hybridized carbons (Fsp3) is 0.667. The molecule has 100 valence electrons. The van der Waals surface area contributed by atoms with E-state index in [0.29, 0.717) is 12.0 Å². The fourth-order valence-corrected chi connectivity index (χ4v) is 2.53. The molecular weight excluding hydrogens is 224 g/mol. The van der Waals surface area contributed by atoms with Crippen molar-refractivity contribution >= 4 is 0 Å². The molecule has 0 aliphatic carbocycles. The van der Waals surface area contributed by atoms with Gasteiger partial charge in [0.25, 0.3) is 0 Å². The van der Waals surface area contributed by atoms with E-state index in [0.717, 1.165) is 25.1 Å². The summed E-state index contributed by atoms with van der Waals surface area (Å²) in [6.45, 7) is 3.09. The molecule has 1 fully saturated rings. The lowest BCUT2D eigenvalue weighted by molar-refractivity contribution is 0.00883. The van der Waals surface area contributed by atoms with E-state index in [1.165, 1.54) is 19.3 Å². The van der Waals surface area contributed by atoms with Crippen LogP contribution in [0.25, 0.3) is 0 Å². The average molecular weight is 248 g/mol. The number of nitrogens with two attached hydrogens (primary N) is 1. The maximum absolute atomic E-state index is 6.27. The second-order valence-corrected chi connectivity index (χ2v) is 5.27. The minimum atomic E-state index is 0.172. The molecule has 1 saturated heterocycles. The van der Waals surface area contributed by atoms with Crippen molar-refractivity contribution in [3.63, 3.8) is 0 Å². The van der Waals surface area contributed by atoms with E-state index in [-0.39, 0.29) is 6.04 Å². The van der Waals surface area contributed by atoms with E-state index in [1.807, 2.05) is 18.3 Å². The molecule has 18 heavy (non-hydrogen) atoms. The molecule has 3 unspecified atom stereocenters. The molecule has 1 aliphatic rings. The molecule has 2 rings (SSSR count). The Morgan fingerprint density at radius 2 is 2.33 bits per heavy atom. The van der Waals surface area contributed by atoms with E-state index < -0.39 is 0 Å². The Kier molecular flexibility index (Phi) is 5.14. The Morgan fingerprint density at radius 3 is 3.00 bits per heavy atom. The average Bonchev–Trinajstić information content (AvgIpc) is 2.46. The van der Waals surface area contributed by atoms with Crippen LogP contribution >= 0.6 is 0 Å². The highest BCUT2D eigenvalue weighted by molar-refractivity contribution is 5.10. The first-order chi connectivity index (χ1) is 8.77. The topological polar surface area (TPSA) is 48.1 Å². The minimum Gasteiger partial charge on any atom is -0.378 e. The van der Waals surface area contributed by atoms with Crippen LogP contribution < -0.4 is 5.73 Å². The number of aromatic nitrogens is 1. The fourth-order valence-electron chi connectivity index (χ4n) is 2.53. The van der Waals surface area contributed by atoms with Crippen molar-refractivity contribution in [1.82, 2.24) is 4.98 Å². The lowest BCUT2D eigenvalue weighted by Crippen LogP contribution is -2.30. The molecule has 0 aromatic carbocycles. The molecule has 1 aromatic heterocycles. The molecule has 3 heteroatoms. The first-order valence-corrected chi connectivity index (χ1v) is 7.05. The third-order valence-electron chi connectivity index (χ3n) is 3.89. The number of hydrogen-bond donors (Lipinski definition) is 1. The molecule has 1 aromatic rings. The van der Waals surface area contributed by atoms with Crippen molar-refractivity contribution in [3.05, 3.63) is 30.1 Å². The van der Waals surface area contributed by atoms with E-state index in [2.05, 4.69) is 18.0 Å². The summed E-state index contributed by atoms with van der Waals surface area (Å²) in [5, 5.41) is 0. The van der Waals surface area contributed by atoms with Crippen molar-refractivity contribution in [1.29, 1.82) is 0 Å². The van der Waals surface area contributed by atoms with Crippen LogP contribution in [0, 0.1) is 0 Å². The molecule has 2 heterocycles. The quantitative estimate of drug-likeness (QED) is 0.871. The van der Waals surface area contributed by atoms with Gasteiger partial charge >= 0.3 is 0 Å². The summed E-state index contributed by atoms with van der Waals surface area (Å²) in [7, 11) is 0. The Bertz CT molecular complexity index is 336. The smallest absolute Gasteiger partial charge is 0.0575 e. The summed E-state index contributed by atoms with van der Waals surface area (Å²) in [6, 6.07) is 6.19. The first-order valence-electron chi connectivity index (χ1n) is 7.05. The molecule has 0 amide bonds. The van der Waals surface area contributed by atoms with Crippen molar-refractivity contribution in [2.24, 2.45) is 5.73 Å². The highest BCUT2D eigenvalue weighted by Crippen LogP contribution is 2.22. The predicted octanol–water partition coefficient (Wildman–Crippen LogP) is 2.86. The maximum Gasteiger partial charge on any atom is 0.0575 e. The predicted molar refractivity (Wildman–Crippen MR) is 73.5 cm³/mol. The van der Waals surface area contributed by atoms with Crippen LogP contribution in [0.3, 0.4) is 0 Å². The molecule has 0 radical (unpaired) electrons. The van der Waals surface area contributed by atoms with Crippen LogP contribution in [0.15, 0.2) is 24.4 Å². The van der Waals surface area contributed by atoms with Crippen LogP contribution in [-0.4, -0.2) is 23.7 Å². The zero-order chi connectivity index (χ0) is 12.8. The zero-order valence-electron chi connectivity index (χ0n) is 11.2. The van der Waals surface area contributed by atoms with Crippen LogP contribution in [0.4, 0.5) is 0 Å². The summed E-state index contributed by atoms with van der Waals surface area (Å²) in [6.07, 6.45) is 8.08. The molecule has 0 spiro atoms. The molecule has 0 bridgehead atoms. The third-order valence-corrected chi connectivity index (χ3v) is 3.89. The first kappa shape index (κ1) is 13.5. The second-order valence-electron chi connectivity index (χ2n) is 5.27. The lowest BCUT2D eigenvalue weighted by atomic mass is 9.92. The second kappa shape index (κ2) is 6.86. The maximum atomic E-state index is 6.27. The molecule has 1 aliphatic heterocycles. The van der Waals surface area contributed by atoms with Crippen LogP contribution in [0.1, 0.15) is 50.6 Å². The number of ether oxygens (including phenoxy) is 1. The molecule has 2 N–H and O–H groups in total. The molecule has 3 atom stereocenters. The highest BCUT2D eigenvalue weighted by atomic mass is 16.5. The van der Waals surface area contributed by atoms with Gasteiger partial charge in [-0.3, -0.25) is 4.98 Å². The van der Waals surface area contributed by atoms with Crippen molar-refractivity contribution in [2.45, 2.75) is 57.1 Å². The number of hydrogen-bond acceptors (Lipinski definition) is 3. The van der Waals surface area contributed by atoms with Crippen LogP contribution in [0.5, 0.6) is 0 Å². The summed E-state index contributed by atoms with van der Waals surface area (Å²) < 4.78 is 5.74. The number of pyridine rings is 1. The largest absolute Gasteiger partial charge is 0.378 e. The summed E-state index contributed by atoms with van der Waals surface area (Å²) in [5.41, 5.74) is 7.36. The third kappa shape index (κ3) is 3.79. The highest BCUT2D eigenvalue weighted by Gasteiger charge is 2.19. The van der Waals surface area contributed by atoms with Gasteiger partial charge in [0.1, 0.15) is 0 Å². The standard InChI is InChI=1S/C15H24N2O/c1-12(15-7-2-4-10-17-15)14(16)9-8-13-6-3-5-11-18-13/h2,4,7,10,12-14H,3,5-6,8-9,11,16H2,1H3. The molecule has 0 saturated carbocycles. The van der Waals surface area contributed by atoms with Crippen LogP contribution in [0.2, 0.25) is 0 Å². The monoisotopic (exact) mass is 248 g/mol. The van der Waals surface area contributed by atoms with Crippen molar-refractivity contribution in [2.75, 3.05) is 6.61 Å². The van der Waals surface area contributed by atoms with E-state index in [1.54, 1.807) is 0 Å². The Labute approximate surface area is 110 Å². The normalized spacial score (nSPS) is 23.6. The van der Waals surface area contributed by atoms with Gasteiger partial charge in [-0.1, -0.05) is 13.0 Å². The molecular formula is C15H24N2O. The van der Waals surface area contributed by atoms with E-state index >= 15 is 0 Å². The van der Waals surface area contributed by atoms with Gasteiger partial charge in [-0.2, -0.15) is 0 Å². The van der Waals surface area contributed by atoms with Gasteiger partial charge < -0.3 is 10.5 Å². The zero-order valence-corrected chi connectivity index (χ0v) is 11.2. The Balaban J connectivity index is 1.78. The van der Waals surface area contributed by atoms with E-state index in [4.69, 9.17) is 10.5 Å². The number of rotatable bonds is 5.